The van der Waals surface area contributed by atoms with Gasteiger partial charge < -0.3 is 0 Å². The zero-order valence-electron chi connectivity index (χ0n) is 14.7. The summed E-state index contributed by atoms with van der Waals surface area (Å²) < 4.78 is 3.60. The maximum atomic E-state index is 5.81. The zero-order valence-corrected chi connectivity index (χ0v) is 19.7. The Labute approximate surface area is 158 Å². The summed E-state index contributed by atoms with van der Waals surface area (Å²) in [5.74, 6) is 0. The molecule has 0 radical (unpaired) electrons. The Morgan fingerprint density at radius 2 is 1.23 bits per heavy atom. The van der Waals surface area contributed by atoms with Gasteiger partial charge in [0.25, 0.3) is 6.69 Å². The second-order valence-electron chi connectivity index (χ2n) is 6.35. The van der Waals surface area contributed by atoms with Crippen LogP contribution in [0.5, 0.6) is 0 Å². The molecule has 2 aliphatic carbocycles. The van der Waals surface area contributed by atoms with Crippen LogP contribution in [-0.4, -0.2) is 6.69 Å². The van der Waals surface area contributed by atoms with Crippen molar-refractivity contribution in [3.05, 3.63) is 41.0 Å². The first-order valence-electron chi connectivity index (χ1n) is 8.07. The number of allylic oxidation sites excluding steroid dienone is 8. The first-order chi connectivity index (χ1) is 10.2. The molecule has 0 saturated carbocycles. The number of rotatable bonds is 4. The summed E-state index contributed by atoms with van der Waals surface area (Å²) in [4.78, 5) is 0. The van der Waals surface area contributed by atoms with Crippen molar-refractivity contribution < 1.29 is 23.2 Å². The van der Waals surface area contributed by atoms with Gasteiger partial charge in [0.1, 0.15) is 0 Å². The van der Waals surface area contributed by atoms with Crippen molar-refractivity contribution >= 4 is 28.9 Å². The van der Waals surface area contributed by atoms with E-state index in [1.54, 1.807) is 28.9 Å². The van der Waals surface area contributed by atoms with Gasteiger partial charge in [0, 0.05) is 0 Å². The van der Waals surface area contributed by atoms with Gasteiger partial charge in [-0.2, -0.15) is 0 Å². The number of halogens is 2. The van der Waals surface area contributed by atoms with Crippen molar-refractivity contribution in [2.24, 2.45) is 0 Å². The minimum atomic E-state index is -1.71. The van der Waals surface area contributed by atoms with Crippen LogP contribution >= 0.6 is 22.2 Å². The average molecular weight is 435 g/mol. The van der Waals surface area contributed by atoms with Crippen LogP contribution in [0, 0.1) is 0 Å². The maximum absolute atomic E-state index is 5.81. The van der Waals surface area contributed by atoms with Crippen LogP contribution in [0.2, 0.25) is 12.1 Å². The monoisotopic (exact) mass is 432 g/mol. The van der Waals surface area contributed by atoms with Crippen LogP contribution < -0.4 is 0 Å². The van der Waals surface area contributed by atoms with Crippen molar-refractivity contribution in [2.75, 3.05) is 0 Å². The molecule has 0 nitrogen and oxygen atoms in total. The average Bonchev–Trinajstić information content (AvgIpc) is 2.93. The molecule has 2 aliphatic rings. The summed E-state index contributed by atoms with van der Waals surface area (Å²) in [5.41, 5.74) is 6.27. The molecule has 0 spiro atoms. The van der Waals surface area contributed by atoms with E-state index < -0.39 is 29.9 Å². The smallest absolute Gasteiger partial charge is 0.146 e. The van der Waals surface area contributed by atoms with E-state index in [0.29, 0.717) is 0 Å². The molecule has 0 amide bonds. The van der Waals surface area contributed by atoms with E-state index >= 15 is 0 Å². The third-order valence-electron chi connectivity index (χ3n) is 4.13. The van der Waals surface area contributed by atoms with Crippen molar-refractivity contribution in [3.8, 4) is 0 Å². The third kappa shape index (κ3) is 6.63. The summed E-state index contributed by atoms with van der Waals surface area (Å²) in [5, 5.41) is 0. The van der Waals surface area contributed by atoms with Crippen molar-refractivity contribution in [1.82, 2.24) is 0 Å². The van der Waals surface area contributed by atoms with Gasteiger partial charge in [-0.3, -0.25) is 0 Å². The summed E-state index contributed by atoms with van der Waals surface area (Å²) >= 11 is 11.2. The molecule has 0 heterocycles. The second kappa shape index (κ2) is 9.21. The Bertz CT molecular complexity index is 493. The molecule has 0 aliphatic heterocycles. The molecular formula is C18H28Cl2SiZr. The second-order valence-corrected chi connectivity index (χ2v) is 18.0. The van der Waals surface area contributed by atoms with Crippen LogP contribution in [0.3, 0.4) is 0 Å². The predicted molar refractivity (Wildman–Crippen MR) is 101 cm³/mol. The molecule has 2 rings (SSSR count). The Hall–Kier alpha value is 0.640. The topological polar surface area (TPSA) is 0 Å². The van der Waals surface area contributed by atoms with E-state index in [4.69, 9.17) is 22.2 Å². The van der Waals surface area contributed by atoms with Crippen molar-refractivity contribution in [3.63, 3.8) is 0 Å². The fourth-order valence-electron chi connectivity index (χ4n) is 2.57. The summed E-state index contributed by atoms with van der Waals surface area (Å²) in [6, 6.07) is 1.93. The fraction of sp³-hybridized carbons (Fsp3) is 0.556. The van der Waals surface area contributed by atoms with Gasteiger partial charge >= 0.3 is 105 Å². The van der Waals surface area contributed by atoms with Gasteiger partial charge in [-0.25, -0.2) is 0 Å². The molecule has 0 saturated heterocycles. The standard InChI is InChI=1S/2C7H9.C4H10Cl2Si.Zr/c2*1-6-3-4-7(2)5-6;1-3-7(5,6)4-2;/h2*5H,3H2,1-2H3;3-4H2,1-2H3;. The molecular weight excluding hydrogens is 406 g/mol. The van der Waals surface area contributed by atoms with E-state index in [0.717, 1.165) is 12.1 Å². The molecule has 0 aromatic heterocycles. The first-order valence-corrected chi connectivity index (χ1v) is 15.0. The Morgan fingerprint density at radius 1 is 0.864 bits per heavy atom. The van der Waals surface area contributed by atoms with E-state index in [9.17, 15) is 0 Å². The molecule has 0 atom stereocenters. The largest absolute Gasteiger partial charge is 0.250 e. The van der Waals surface area contributed by atoms with Crippen LogP contribution in [-0.2, 0) is 23.2 Å². The zero-order chi connectivity index (χ0) is 16.9. The maximum Gasteiger partial charge on any atom is 0.250 e. The SMILES string of the molecule is CC1=CC(C)=[C]([Zr][C]2=C(C)C=C(C)C2)C1.CC[Si](Cl)(Cl)CC. The number of hydrogen-bond donors (Lipinski definition) is 0. The van der Waals surface area contributed by atoms with Gasteiger partial charge in [0.05, 0.1) is 0 Å². The van der Waals surface area contributed by atoms with Crippen LogP contribution in [0.25, 0.3) is 0 Å². The molecule has 0 fully saturated rings. The molecule has 4 heteroatoms. The third-order valence-corrected chi connectivity index (χ3v) is 13.7. The first kappa shape index (κ1) is 20.7. The van der Waals surface area contributed by atoms with Gasteiger partial charge in [-0.05, 0) is 12.1 Å². The van der Waals surface area contributed by atoms with Crippen LogP contribution in [0.4, 0.5) is 0 Å². The van der Waals surface area contributed by atoms with Crippen molar-refractivity contribution in [1.29, 1.82) is 0 Å². The normalized spacial score (nSPS) is 18.2. The molecule has 0 bridgehead atoms. The van der Waals surface area contributed by atoms with E-state index in [-0.39, 0.29) is 0 Å². The summed E-state index contributed by atoms with van der Waals surface area (Å²) in [7, 11) is 0. The molecule has 0 aromatic rings. The Morgan fingerprint density at radius 3 is 1.41 bits per heavy atom. The van der Waals surface area contributed by atoms with Crippen LogP contribution in [0.1, 0.15) is 54.4 Å². The molecule has 0 unspecified atom stereocenters. The summed E-state index contributed by atoms with van der Waals surface area (Å²) in [6.07, 6.45) is 7.30. The Kier molecular flexibility index (Phi) is 8.66. The fourth-order valence-corrected chi connectivity index (χ4v) is 7.09. The van der Waals surface area contributed by atoms with Gasteiger partial charge in [0.15, 0.2) is 0 Å². The molecule has 122 valence electrons. The number of hydrogen-bond acceptors (Lipinski definition) is 0. The molecule has 22 heavy (non-hydrogen) atoms. The minimum absolute atomic E-state index is 0.438. The molecule has 0 N–H and O–H groups in total. The van der Waals surface area contributed by atoms with Gasteiger partial charge in [-0.1, -0.05) is 13.8 Å². The minimum Gasteiger partial charge on any atom is -0.146 e. The van der Waals surface area contributed by atoms with E-state index in [1.807, 2.05) is 13.8 Å². The summed E-state index contributed by atoms with van der Waals surface area (Å²) in [6.45, 7) is 11.5. The van der Waals surface area contributed by atoms with Gasteiger partial charge in [0.2, 0.25) is 0 Å². The van der Waals surface area contributed by atoms with Crippen molar-refractivity contribution in [2.45, 2.75) is 66.5 Å². The molecule has 0 aromatic carbocycles. The van der Waals surface area contributed by atoms with E-state index in [1.165, 1.54) is 12.8 Å². The van der Waals surface area contributed by atoms with Gasteiger partial charge in [-0.15, -0.1) is 22.2 Å². The van der Waals surface area contributed by atoms with Crippen LogP contribution in [0.15, 0.2) is 41.0 Å². The van der Waals surface area contributed by atoms with E-state index in [2.05, 4.69) is 39.8 Å². The quantitative estimate of drug-likeness (QED) is 0.322. The Balaban J connectivity index is 0.000000295. The predicted octanol–water partition coefficient (Wildman–Crippen LogP) is 7.26.